The lowest BCUT2D eigenvalue weighted by Gasteiger charge is -2.08. The Labute approximate surface area is 123 Å². The van der Waals surface area contributed by atoms with Crippen molar-refractivity contribution in [2.45, 2.75) is 6.42 Å². The van der Waals surface area contributed by atoms with Gasteiger partial charge in [-0.25, -0.2) is 0 Å². The second kappa shape index (κ2) is 6.44. The second-order valence-corrected chi connectivity index (χ2v) is 4.72. The fourth-order valence-electron chi connectivity index (χ4n) is 1.94. The highest BCUT2D eigenvalue weighted by molar-refractivity contribution is 6.30. The molecule has 0 heterocycles. The minimum absolute atomic E-state index is 0.00761. The number of rotatable bonds is 5. The van der Waals surface area contributed by atoms with E-state index >= 15 is 0 Å². The van der Waals surface area contributed by atoms with Gasteiger partial charge in [-0.05, 0) is 42.5 Å². The summed E-state index contributed by atoms with van der Waals surface area (Å²) >= 11 is 5.96. The van der Waals surface area contributed by atoms with Gasteiger partial charge in [-0.3, -0.25) is 4.79 Å². The van der Waals surface area contributed by atoms with Gasteiger partial charge in [0, 0.05) is 22.6 Å². The number of hydrogen-bond acceptors (Lipinski definition) is 3. The van der Waals surface area contributed by atoms with Gasteiger partial charge in [0.25, 0.3) is 0 Å². The Morgan fingerprint density at radius 2 is 1.75 bits per heavy atom. The molecular weight excluding hydrogens is 276 g/mol. The van der Waals surface area contributed by atoms with Crippen molar-refractivity contribution in [3.63, 3.8) is 0 Å². The zero-order valence-electron chi connectivity index (χ0n) is 11.4. The van der Waals surface area contributed by atoms with E-state index in [9.17, 15) is 4.79 Å². The maximum absolute atomic E-state index is 12.3. The summed E-state index contributed by atoms with van der Waals surface area (Å²) in [4.78, 5) is 12.3. The number of ether oxygens (including phenoxy) is 2. The lowest BCUT2D eigenvalue weighted by molar-refractivity contribution is 0.0992. The monoisotopic (exact) mass is 290 g/mol. The van der Waals surface area contributed by atoms with Crippen molar-refractivity contribution in [2.75, 3.05) is 14.2 Å². The summed E-state index contributed by atoms with van der Waals surface area (Å²) in [7, 11) is 3.16. The molecule has 0 aromatic heterocycles. The average molecular weight is 291 g/mol. The molecule has 0 saturated heterocycles. The van der Waals surface area contributed by atoms with Crippen LogP contribution >= 0.6 is 11.6 Å². The minimum atomic E-state index is 0.00761. The summed E-state index contributed by atoms with van der Waals surface area (Å²) in [6, 6.07) is 12.3. The maximum atomic E-state index is 12.3. The Kier molecular flexibility index (Phi) is 4.64. The molecule has 0 atom stereocenters. The van der Waals surface area contributed by atoms with Crippen LogP contribution in [0.1, 0.15) is 15.9 Å². The van der Waals surface area contributed by atoms with Gasteiger partial charge in [-0.1, -0.05) is 11.6 Å². The van der Waals surface area contributed by atoms with E-state index in [1.165, 1.54) is 0 Å². The van der Waals surface area contributed by atoms with Gasteiger partial charge in [0.05, 0.1) is 14.2 Å². The molecule has 0 radical (unpaired) electrons. The lowest BCUT2D eigenvalue weighted by atomic mass is 10.0. The van der Waals surface area contributed by atoms with Gasteiger partial charge in [0.1, 0.15) is 11.5 Å². The molecule has 0 N–H and O–H groups in total. The number of carbonyl (C=O) groups excluding carboxylic acids is 1. The molecule has 0 saturated carbocycles. The number of carbonyl (C=O) groups is 1. The molecule has 4 heteroatoms. The summed E-state index contributed by atoms with van der Waals surface area (Å²) in [5.74, 6) is 1.39. The van der Waals surface area contributed by atoms with Crippen molar-refractivity contribution in [1.29, 1.82) is 0 Å². The molecule has 3 nitrogen and oxygen atoms in total. The van der Waals surface area contributed by atoms with Crippen molar-refractivity contribution in [2.24, 2.45) is 0 Å². The third kappa shape index (κ3) is 3.31. The van der Waals surface area contributed by atoms with E-state index in [0.717, 1.165) is 11.3 Å². The van der Waals surface area contributed by atoms with E-state index < -0.39 is 0 Å². The predicted molar refractivity (Wildman–Crippen MR) is 79.0 cm³/mol. The summed E-state index contributed by atoms with van der Waals surface area (Å²) in [5.41, 5.74) is 1.41. The van der Waals surface area contributed by atoms with Gasteiger partial charge < -0.3 is 9.47 Å². The third-order valence-electron chi connectivity index (χ3n) is 3.01. The number of hydrogen-bond donors (Lipinski definition) is 0. The number of methoxy groups -OCH3 is 2. The van der Waals surface area contributed by atoms with Crippen LogP contribution in [0.25, 0.3) is 0 Å². The number of benzene rings is 2. The molecule has 0 aliphatic carbocycles. The summed E-state index contributed by atoms with van der Waals surface area (Å²) in [6.07, 6.45) is 0.246. The van der Waals surface area contributed by atoms with Gasteiger partial charge >= 0.3 is 0 Å². The Morgan fingerprint density at radius 3 is 2.35 bits per heavy atom. The van der Waals surface area contributed by atoms with Gasteiger partial charge in [-0.15, -0.1) is 0 Å². The van der Waals surface area contributed by atoms with E-state index in [-0.39, 0.29) is 12.2 Å². The number of Topliss-reactive ketones (excluding diaryl/α,β-unsaturated/α-hetero) is 1. The largest absolute Gasteiger partial charge is 0.497 e. The van der Waals surface area contributed by atoms with Crippen LogP contribution < -0.4 is 9.47 Å². The first-order chi connectivity index (χ1) is 9.63. The Morgan fingerprint density at radius 1 is 1.05 bits per heavy atom. The number of halogens is 1. The summed E-state index contributed by atoms with van der Waals surface area (Å²) < 4.78 is 10.3. The third-order valence-corrected chi connectivity index (χ3v) is 3.24. The molecule has 2 rings (SSSR count). The molecule has 0 bridgehead atoms. The molecular formula is C16H15ClO3. The van der Waals surface area contributed by atoms with E-state index in [2.05, 4.69) is 0 Å². The molecule has 0 aliphatic rings. The van der Waals surface area contributed by atoms with Crippen molar-refractivity contribution >= 4 is 17.4 Å². The molecule has 2 aromatic rings. The van der Waals surface area contributed by atoms with E-state index in [1.807, 2.05) is 0 Å². The van der Waals surface area contributed by atoms with E-state index in [4.69, 9.17) is 21.1 Å². The quantitative estimate of drug-likeness (QED) is 0.786. The topological polar surface area (TPSA) is 35.5 Å². The fourth-order valence-corrected chi connectivity index (χ4v) is 2.13. The van der Waals surface area contributed by atoms with Crippen LogP contribution in [0.4, 0.5) is 0 Å². The van der Waals surface area contributed by atoms with Crippen molar-refractivity contribution in [3.05, 3.63) is 58.6 Å². The zero-order chi connectivity index (χ0) is 14.5. The first-order valence-electron chi connectivity index (χ1n) is 6.13. The van der Waals surface area contributed by atoms with Gasteiger partial charge in [0.2, 0.25) is 0 Å². The molecule has 104 valence electrons. The standard InChI is InChI=1S/C16H15ClO3/c1-19-14-6-3-11(4-7-14)15(18)10-12-9-13(17)5-8-16(12)20-2/h3-9H,10H2,1-2H3. The highest BCUT2D eigenvalue weighted by atomic mass is 35.5. The smallest absolute Gasteiger partial charge is 0.167 e. The molecule has 0 spiro atoms. The lowest BCUT2D eigenvalue weighted by Crippen LogP contribution is -2.05. The fraction of sp³-hybridized carbons (Fsp3) is 0.188. The predicted octanol–water partition coefficient (Wildman–Crippen LogP) is 3.78. The maximum Gasteiger partial charge on any atom is 0.167 e. The van der Waals surface area contributed by atoms with Crippen molar-refractivity contribution in [1.82, 2.24) is 0 Å². The van der Waals surface area contributed by atoms with Crippen LogP contribution in [0.2, 0.25) is 5.02 Å². The first-order valence-corrected chi connectivity index (χ1v) is 6.51. The Hall–Kier alpha value is -2.00. The van der Waals surface area contributed by atoms with E-state index in [0.29, 0.717) is 16.3 Å². The zero-order valence-corrected chi connectivity index (χ0v) is 12.1. The van der Waals surface area contributed by atoms with Crippen LogP contribution in [-0.4, -0.2) is 20.0 Å². The first kappa shape index (κ1) is 14.4. The molecule has 2 aromatic carbocycles. The highest BCUT2D eigenvalue weighted by Gasteiger charge is 2.11. The molecule has 20 heavy (non-hydrogen) atoms. The van der Waals surface area contributed by atoms with Gasteiger partial charge in [0.15, 0.2) is 5.78 Å². The molecule has 0 amide bonds. The highest BCUT2D eigenvalue weighted by Crippen LogP contribution is 2.24. The summed E-state index contributed by atoms with van der Waals surface area (Å²) in [5, 5.41) is 0.586. The Balaban J connectivity index is 2.20. The van der Waals surface area contributed by atoms with Gasteiger partial charge in [-0.2, -0.15) is 0 Å². The average Bonchev–Trinajstić information content (AvgIpc) is 2.47. The molecule has 0 fully saturated rings. The van der Waals surface area contributed by atoms with Crippen LogP contribution in [0.3, 0.4) is 0 Å². The van der Waals surface area contributed by atoms with Crippen LogP contribution in [-0.2, 0) is 6.42 Å². The van der Waals surface area contributed by atoms with Crippen LogP contribution in [0.15, 0.2) is 42.5 Å². The van der Waals surface area contributed by atoms with Crippen LogP contribution in [0, 0.1) is 0 Å². The number of ketones is 1. The SMILES string of the molecule is COc1ccc(C(=O)Cc2cc(Cl)ccc2OC)cc1. The van der Waals surface area contributed by atoms with Crippen molar-refractivity contribution < 1.29 is 14.3 Å². The summed E-state index contributed by atoms with van der Waals surface area (Å²) in [6.45, 7) is 0. The Bertz CT molecular complexity index is 606. The second-order valence-electron chi connectivity index (χ2n) is 4.28. The van der Waals surface area contributed by atoms with Crippen LogP contribution in [0.5, 0.6) is 11.5 Å². The molecule has 0 aliphatic heterocycles. The normalized spacial score (nSPS) is 10.2. The minimum Gasteiger partial charge on any atom is -0.497 e. The van der Waals surface area contributed by atoms with E-state index in [1.54, 1.807) is 56.7 Å². The molecule has 0 unspecified atom stereocenters. The van der Waals surface area contributed by atoms with Crippen molar-refractivity contribution in [3.8, 4) is 11.5 Å².